The first-order valence-corrected chi connectivity index (χ1v) is 17.5. The first kappa shape index (κ1) is 43.5. The maximum absolute atomic E-state index is 12.9. The molecular formula is C32H50BN9O12. The van der Waals surface area contributed by atoms with Crippen molar-refractivity contribution in [2.75, 3.05) is 97.1 Å². The molecule has 2 atom stereocenters. The van der Waals surface area contributed by atoms with E-state index in [0.29, 0.717) is 25.1 Å². The zero-order chi connectivity index (χ0) is 39.8. The van der Waals surface area contributed by atoms with E-state index in [1.54, 1.807) is 19.6 Å². The Labute approximate surface area is 312 Å². The fourth-order valence-electron chi connectivity index (χ4n) is 6.08. The molecule has 2 aliphatic heterocycles. The number of aliphatic carboxylic acids is 3. The van der Waals surface area contributed by atoms with Crippen LogP contribution < -0.4 is 21.5 Å². The molecule has 2 saturated heterocycles. The van der Waals surface area contributed by atoms with Gasteiger partial charge in [-0.2, -0.15) is 0 Å². The molecular weight excluding hydrogens is 713 g/mol. The van der Waals surface area contributed by atoms with Gasteiger partial charge in [-0.15, -0.1) is 0 Å². The van der Waals surface area contributed by atoms with E-state index in [1.165, 1.54) is 36.1 Å². The number of carboxylic acid groups (broad SMARTS) is 3. The molecule has 0 aromatic heterocycles. The molecule has 2 heterocycles. The van der Waals surface area contributed by atoms with Crippen LogP contribution in [0.3, 0.4) is 0 Å². The summed E-state index contributed by atoms with van der Waals surface area (Å²) >= 11 is 0. The molecule has 0 unspecified atom stereocenters. The fraction of sp³-hybridized carbons (Fsp3) is 0.594. The second-order valence-electron chi connectivity index (χ2n) is 13.2. The van der Waals surface area contributed by atoms with E-state index in [9.17, 15) is 58.9 Å². The summed E-state index contributed by atoms with van der Waals surface area (Å²) < 4.78 is 0. The van der Waals surface area contributed by atoms with Crippen LogP contribution in [0, 0.1) is 0 Å². The lowest BCUT2D eigenvalue weighted by Crippen LogP contribution is -2.52. The van der Waals surface area contributed by atoms with Crippen LogP contribution in [0.1, 0.15) is 30.1 Å². The summed E-state index contributed by atoms with van der Waals surface area (Å²) in [6.45, 7) is 2.32. The lowest BCUT2D eigenvalue weighted by atomic mass is 9.78. The number of carbonyl (C=O) groups excluding carboxylic acids is 4. The maximum atomic E-state index is 12.9. The summed E-state index contributed by atoms with van der Waals surface area (Å²) in [5, 5.41) is 52.3. The van der Waals surface area contributed by atoms with Crippen molar-refractivity contribution in [1.82, 2.24) is 40.6 Å². The highest BCUT2D eigenvalue weighted by molar-refractivity contribution is 6.43. The minimum atomic E-state index is -1.67. The van der Waals surface area contributed by atoms with E-state index in [1.807, 2.05) is 0 Å². The number of hydrazine groups is 1. The molecule has 54 heavy (non-hydrogen) atoms. The molecule has 4 amide bonds. The lowest BCUT2D eigenvalue weighted by Gasteiger charge is -2.32. The standard InChI is InChI=1S/C32H50BN9O12/c1-22(32(52)42-8-2-3-25(42)33(53)54)35-31(51)23-4-6-24(7-5-23)36-37-26(43)17-34-27(44)18-38-9-11-39(19-28(45)46)13-15-41(21-30(49)50)16-14-40(12-10-38)20-29(47)48/h4-7,22,25,36,53-54H,2-3,8-21H2,1H3,(H,34,44)(H,35,51)(H,37,43)(H,45,46)(H,47,48)(H,49,50)/t22-,25+/m1/s1. The molecule has 2 fully saturated rings. The van der Waals surface area contributed by atoms with E-state index in [0.717, 1.165) is 0 Å². The quantitative estimate of drug-likeness (QED) is 0.0571. The molecule has 21 nitrogen and oxygen atoms in total. The van der Waals surface area contributed by atoms with E-state index in [4.69, 9.17) is 0 Å². The van der Waals surface area contributed by atoms with Gasteiger partial charge in [0.2, 0.25) is 11.8 Å². The second-order valence-corrected chi connectivity index (χ2v) is 13.2. The van der Waals surface area contributed by atoms with Gasteiger partial charge in [0, 0.05) is 64.5 Å². The number of benzene rings is 1. The van der Waals surface area contributed by atoms with Crippen molar-refractivity contribution in [3.05, 3.63) is 29.8 Å². The van der Waals surface area contributed by atoms with Gasteiger partial charge < -0.3 is 40.9 Å². The van der Waals surface area contributed by atoms with Crippen molar-refractivity contribution < 1.29 is 58.9 Å². The van der Waals surface area contributed by atoms with Gasteiger partial charge in [0.25, 0.3) is 11.8 Å². The molecule has 0 aliphatic carbocycles. The number of likely N-dealkylation sites (tertiary alicyclic amines) is 1. The molecule has 9 N–H and O–H groups in total. The number of carbonyl (C=O) groups is 7. The highest BCUT2D eigenvalue weighted by Gasteiger charge is 2.38. The summed E-state index contributed by atoms with van der Waals surface area (Å²) in [6.07, 6.45) is 1.07. The Balaban J connectivity index is 1.48. The molecule has 298 valence electrons. The Morgan fingerprint density at radius 2 is 1.17 bits per heavy atom. The van der Waals surface area contributed by atoms with Crippen molar-refractivity contribution in [3.63, 3.8) is 0 Å². The minimum Gasteiger partial charge on any atom is -0.480 e. The monoisotopic (exact) mass is 763 g/mol. The van der Waals surface area contributed by atoms with Gasteiger partial charge in [-0.1, -0.05) is 0 Å². The Morgan fingerprint density at radius 1 is 0.704 bits per heavy atom. The predicted molar refractivity (Wildman–Crippen MR) is 192 cm³/mol. The molecule has 0 saturated carbocycles. The van der Waals surface area contributed by atoms with Crippen LogP contribution in [0.4, 0.5) is 5.69 Å². The maximum Gasteiger partial charge on any atom is 0.475 e. The fourth-order valence-corrected chi connectivity index (χ4v) is 6.08. The highest BCUT2D eigenvalue weighted by atomic mass is 16.4. The van der Waals surface area contributed by atoms with E-state index >= 15 is 0 Å². The molecule has 0 radical (unpaired) electrons. The highest BCUT2D eigenvalue weighted by Crippen LogP contribution is 2.19. The van der Waals surface area contributed by atoms with Crippen LogP contribution in [0.15, 0.2) is 24.3 Å². The van der Waals surface area contributed by atoms with E-state index in [2.05, 4.69) is 21.5 Å². The van der Waals surface area contributed by atoms with Crippen LogP contribution >= 0.6 is 0 Å². The topological polar surface area (TPSA) is 285 Å². The van der Waals surface area contributed by atoms with Crippen molar-refractivity contribution in [2.24, 2.45) is 0 Å². The average molecular weight is 764 g/mol. The minimum absolute atomic E-state index is 0.163. The van der Waals surface area contributed by atoms with Crippen LogP contribution in [-0.4, -0.2) is 202 Å². The number of hydrogen-bond donors (Lipinski definition) is 9. The first-order valence-electron chi connectivity index (χ1n) is 17.5. The Kier molecular flexibility index (Phi) is 17.5. The lowest BCUT2D eigenvalue weighted by molar-refractivity contribution is -0.140. The van der Waals surface area contributed by atoms with Gasteiger partial charge in [-0.05, 0) is 44.0 Å². The van der Waals surface area contributed by atoms with Gasteiger partial charge >= 0.3 is 25.0 Å². The number of nitrogens with zero attached hydrogens (tertiary/aromatic N) is 5. The van der Waals surface area contributed by atoms with Crippen LogP contribution in [-0.2, 0) is 28.8 Å². The van der Waals surface area contributed by atoms with Crippen LogP contribution in [0.5, 0.6) is 0 Å². The Hall–Kier alpha value is -4.87. The third-order valence-electron chi connectivity index (χ3n) is 8.96. The third kappa shape index (κ3) is 15.2. The van der Waals surface area contributed by atoms with E-state index in [-0.39, 0.29) is 84.1 Å². The second kappa shape index (κ2) is 21.7. The van der Waals surface area contributed by atoms with Crippen molar-refractivity contribution in [2.45, 2.75) is 31.7 Å². The van der Waals surface area contributed by atoms with Crippen LogP contribution in [0.25, 0.3) is 0 Å². The van der Waals surface area contributed by atoms with Crippen LogP contribution in [0.2, 0.25) is 0 Å². The van der Waals surface area contributed by atoms with Gasteiger partial charge in [-0.25, -0.2) is 0 Å². The molecule has 22 heteroatoms. The number of carboxylic acids is 3. The van der Waals surface area contributed by atoms with Gasteiger partial charge in [0.15, 0.2) is 0 Å². The number of amides is 4. The van der Waals surface area contributed by atoms with Gasteiger partial charge in [-0.3, -0.25) is 64.0 Å². The summed E-state index contributed by atoms with van der Waals surface area (Å²) in [7, 11) is -1.67. The smallest absolute Gasteiger partial charge is 0.475 e. The molecule has 2 aliphatic rings. The Bertz CT molecular complexity index is 1440. The molecule has 1 aromatic rings. The summed E-state index contributed by atoms with van der Waals surface area (Å²) in [4.78, 5) is 93.2. The van der Waals surface area contributed by atoms with Crippen molar-refractivity contribution in [1.29, 1.82) is 0 Å². The zero-order valence-corrected chi connectivity index (χ0v) is 30.2. The van der Waals surface area contributed by atoms with E-state index < -0.39 is 67.2 Å². The summed E-state index contributed by atoms with van der Waals surface area (Å²) in [5.74, 6) is -5.97. The molecule has 1 aromatic carbocycles. The zero-order valence-electron chi connectivity index (χ0n) is 30.2. The largest absolute Gasteiger partial charge is 0.480 e. The third-order valence-corrected chi connectivity index (χ3v) is 8.96. The number of hydrogen-bond acceptors (Lipinski definition) is 14. The normalized spacial score (nSPS) is 18.7. The van der Waals surface area contributed by atoms with Gasteiger partial charge in [0.05, 0.1) is 44.4 Å². The summed E-state index contributed by atoms with van der Waals surface area (Å²) in [5.41, 5.74) is 5.76. The number of rotatable bonds is 16. The predicted octanol–water partition coefficient (Wildman–Crippen LogP) is -4.16. The molecule has 3 rings (SSSR count). The SMILES string of the molecule is C[C@@H](NC(=O)c1ccc(NNC(=O)CNC(=O)CN2CCN(CC(=O)O)CCN(CC(=O)O)CCN(CC(=O)O)CC2)cc1)C(=O)N1CCC[C@H]1B(O)O. The van der Waals surface area contributed by atoms with Gasteiger partial charge in [0.1, 0.15) is 6.04 Å². The molecule has 0 spiro atoms. The first-order chi connectivity index (χ1) is 25.6. The van der Waals surface area contributed by atoms with Crippen molar-refractivity contribution >= 4 is 54.3 Å². The average Bonchev–Trinajstić information content (AvgIpc) is 3.61. The number of nitrogens with one attached hydrogen (secondary N) is 4. The van der Waals surface area contributed by atoms with Crippen molar-refractivity contribution in [3.8, 4) is 0 Å². The molecule has 0 bridgehead atoms. The number of anilines is 1. The summed E-state index contributed by atoms with van der Waals surface area (Å²) in [6, 6.07) is 5.06. The Morgan fingerprint density at radius 3 is 1.61 bits per heavy atom.